The molecule has 3 rings (SSSR count). The average Bonchev–Trinajstić information content (AvgIpc) is 3.02. The van der Waals surface area contributed by atoms with E-state index in [0.29, 0.717) is 12.4 Å². The Bertz CT molecular complexity index is 712. The smallest absolute Gasteiger partial charge is 0.158 e. The summed E-state index contributed by atoms with van der Waals surface area (Å²) in [6.07, 6.45) is 6.65. The molecule has 21 heavy (non-hydrogen) atoms. The first-order valence-corrected chi connectivity index (χ1v) is 6.42. The Balaban J connectivity index is 1.74. The van der Waals surface area contributed by atoms with Crippen LogP contribution in [0.4, 0.5) is 0 Å². The number of nitrogens with zero attached hydrogens (tertiary/aromatic N) is 4. The van der Waals surface area contributed by atoms with Crippen molar-refractivity contribution < 1.29 is 9.47 Å². The van der Waals surface area contributed by atoms with Crippen molar-refractivity contribution in [3.8, 4) is 17.2 Å². The Hall–Kier alpha value is -2.89. The van der Waals surface area contributed by atoms with Gasteiger partial charge in [0.15, 0.2) is 5.75 Å². The van der Waals surface area contributed by atoms with Crippen molar-refractivity contribution >= 4 is 0 Å². The summed E-state index contributed by atoms with van der Waals surface area (Å²) in [6.45, 7) is 0.375. The van der Waals surface area contributed by atoms with Crippen molar-refractivity contribution in [2.75, 3.05) is 7.11 Å². The predicted octanol–water partition coefficient (Wildman–Crippen LogP) is 2.25. The van der Waals surface area contributed by atoms with E-state index in [4.69, 9.17) is 9.47 Å². The van der Waals surface area contributed by atoms with Gasteiger partial charge < -0.3 is 9.47 Å². The highest BCUT2D eigenvalue weighted by atomic mass is 16.5. The summed E-state index contributed by atoms with van der Waals surface area (Å²) in [5.74, 6) is 1.42. The van der Waals surface area contributed by atoms with Crippen LogP contribution in [0.3, 0.4) is 0 Å². The Morgan fingerprint density at radius 3 is 2.90 bits per heavy atom. The van der Waals surface area contributed by atoms with E-state index in [-0.39, 0.29) is 0 Å². The maximum absolute atomic E-state index is 5.65. The topological polar surface area (TPSA) is 62.1 Å². The fourth-order valence-electron chi connectivity index (χ4n) is 1.89. The predicted molar refractivity (Wildman–Crippen MR) is 76.5 cm³/mol. The van der Waals surface area contributed by atoms with E-state index >= 15 is 0 Å². The minimum absolute atomic E-state index is 0.375. The Kier molecular flexibility index (Phi) is 3.77. The molecular formula is C15H14N4O2. The van der Waals surface area contributed by atoms with E-state index < -0.39 is 0 Å². The van der Waals surface area contributed by atoms with E-state index in [1.807, 2.05) is 30.3 Å². The SMILES string of the molecule is COc1ccccc1-n1cc(OCc2ccncn2)cn1. The molecule has 0 radical (unpaired) electrons. The third-order valence-corrected chi connectivity index (χ3v) is 2.92. The lowest BCUT2D eigenvalue weighted by molar-refractivity contribution is 0.301. The normalized spacial score (nSPS) is 10.3. The summed E-state index contributed by atoms with van der Waals surface area (Å²) in [7, 11) is 1.63. The monoisotopic (exact) mass is 282 g/mol. The van der Waals surface area contributed by atoms with Crippen LogP contribution in [0.25, 0.3) is 5.69 Å². The number of ether oxygens (including phenoxy) is 2. The Morgan fingerprint density at radius 1 is 1.19 bits per heavy atom. The second-order valence-corrected chi connectivity index (χ2v) is 4.28. The first-order valence-electron chi connectivity index (χ1n) is 6.42. The lowest BCUT2D eigenvalue weighted by Crippen LogP contribution is -1.98. The quantitative estimate of drug-likeness (QED) is 0.718. The molecular weight excluding hydrogens is 268 g/mol. The number of benzene rings is 1. The Morgan fingerprint density at radius 2 is 2.10 bits per heavy atom. The first kappa shape index (κ1) is 13.1. The molecule has 2 heterocycles. The minimum Gasteiger partial charge on any atom is -0.494 e. The van der Waals surface area contributed by atoms with Crippen LogP contribution in [0.15, 0.2) is 55.2 Å². The molecule has 0 aliphatic rings. The second kappa shape index (κ2) is 6.04. The van der Waals surface area contributed by atoms with E-state index in [1.165, 1.54) is 6.33 Å². The van der Waals surface area contributed by atoms with Gasteiger partial charge in [0.2, 0.25) is 0 Å². The first-order chi connectivity index (χ1) is 10.4. The zero-order valence-electron chi connectivity index (χ0n) is 11.5. The molecule has 1 aromatic carbocycles. The highest BCUT2D eigenvalue weighted by molar-refractivity contribution is 5.46. The van der Waals surface area contributed by atoms with Crippen LogP contribution in [0.1, 0.15) is 5.69 Å². The molecule has 0 unspecified atom stereocenters. The molecule has 6 heteroatoms. The van der Waals surface area contributed by atoms with Gasteiger partial charge in [-0.05, 0) is 18.2 Å². The molecule has 0 saturated carbocycles. The number of hydrogen-bond acceptors (Lipinski definition) is 5. The van der Waals surface area contributed by atoms with Gasteiger partial charge in [-0.3, -0.25) is 0 Å². The van der Waals surface area contributed by atoms with Crippen LogP contribution < -0.4 is 9.47 Å². The lowest BCUT2D eigenvalue weighted by atomic mass is 10.3. The summed E-state index contributed by atoms with van der Waals surface area (Å²) < 4.78 is 12.7. The van der Waals surface area contributed by atoms with Gasteiger partial charge in [-0.25, -0.2) is 14.6 Å². The van der Waals surface area contributed by atoms with Crippen LogP contribution in [-0.4, -0.2) is 26.9 Å². The lowest BCUT2D eigenvalue weighted by Gasteiger charge is -2.07. The van der Waals surface area contributed by atoms with Crippen LogP contribution in [-0.2, 0) is 6.61 Å². The van der Waals surface area contributed by atoms with Crippen LogP contribution in [0, 0.1) is 0 Å². The van der Waals surface area contributed by atoms with Gasteiger partial charge in [-0.2, -0.15) is 5.10 Å². The highest BCUT2D eigenvalue weighted by Gasteiger charge is 2.07. The molecule has 0 spiro atoms. The van der Waals surface area contributed by atoms with Crippen molar-refractivity contribution in [3.05, 3.63) is 60.9 Å². The zero-order chi connectivity index (χ0) is 14.5. The van der Waals surface area contributed by atoms with Crippen molar-refractivity contribution in [1.82, 2.24) is 19.7 Å². The number of methoxy groups -OCH3 is 1. The number of aromatic nitrogens is 4. The second-order valence-electron chi connectivity index (χ2n) is 4.28. The van der Waals surface area contributed by atoms with Gasteiger partial charge in [0.25, 0.3) is 0 Å². The number of para-hydroxylation sites is 2. The highest BCUT2D eigenvalue weighted by Crippen LogP contribution is 2.23. The van der Waals surface area contributed by atoms with Gasteiger partial charge in [0.1, 0.15) is 24.4 Å². The van der Waals surface area contributed by atoms with Crippen molar-refractivity contribution in [2.45, 2.75) is 6.61 Å². The summed E-state index contributed by atoms with van der Waals surface area (Å²) in [4.78, 5) is 7.97. The largest absolute Gasteiger partial charge is 0.494 e. The van der Waals surface area contributed by atoms with Gasteiger partial charge in [-0.15, -0.1) is 0 Å². The average molecular weight is 282 g/mol. The molecule has 0 saturated heterocycles. The van der Waals surface area contributed by atoms with Crippen molar-refractivity contribution in [2.24, 2.45) is 0 Å². The molecule has 6 nitrogen and oxygen atoms in total. The maximum Gasteiger partial charge on any atom is 0.158 e. The number of rotatable bonds is 5. The summed E-state index contributed by atoms with van der Waals surface area (Å²) in [5.41, 5.74) is 1.67. The standard InChI is InChI=1S/C15H14N4O2/c1-20-15-5-3-2-4-14(15)19-9-13(8-18-19)21-10-12-6-7-16-11-17-12/h2-9,11H,10H2,1H3. The van der Waals surface area contributed by atoms with E-state index in [0.717, 1.165) is 17.1 Å². The van der Waals surface area contributed by atoms with E-state index in [1.54, 1.807) is 30.4 Å². The maximum atomic E-state index is 5.65. The zero-order valence-corrected chi connectivity index (χ0v) is 11.5. The fourth-order valence-corrected chi connectivity index (χ4v) is 1.89. The molecule has 0 N–H and O–H groups in total. The third-order valence-electron chi connectivity index (χ3n) is 2.92. The molecule has 0 amide bonds. The van der Waals surface area contributed by atoms with Crippen LogP contribution >= 0.6 is 0 Å². The molecule has 0 fully saturated rings. The molecule has 106 valence electrons. The molecule has 0 bridgehead atoms. The number of hydrogen-bond donors (Lipinski definition) is 0. The van der Waals surface area contributed by atoms with E-state index in [2.05, 4.69) is 15.1 Å². The van der Waals surface area contributed by atoms with E-state index in [9.17, 15) is 0 Å². The van der Waals surface area contributed by atoms with Gasteiger partial charge in [-0.1, -0.05) is 12.1 Å². The molecule has 3 aromatic rings. The summed E-state index contributed by atoms with van der Waals surface area (Å²) >= 11 is 0. The minimum atomic E-state index is 0.375. The van der Waals surface area contributed by atoms with Gasteiger partial charge in [0.05, 0.1) is 25.2 Å². The molecule has 0 atom stereocenters. The van der Waals surface area contributed by atoms with Gasteiger partial charge in [0, 0.05) is 6.20 Å². The molecule has 0 aliphatic carbocycles. The molecule has 0 aliphatic heterocycles. The third kappa shape index (κ3) is 3.00. The van der Waals surface area contributed by atoms with Gasteiger partial charge >= 0.3 is 0 Å². The van der Waals surface area contributed by atoms with Crippen molar-refractivity contribution in [1.29, 1.82) is 0 Å². The summed E-state index contributed by atoms with van der Waals surface area (Å²) in [5, 5.41) is 4.29. The Labute approximate surface area is 122 Å². The van der Waals surface area contributed by atoms with Crippen molar-refractivity contribution in [3.63, 3.8) is 0 Å². The van der Waals surface area contributed by atoms with Crippen LogP contribution in [0.5, 0.6) is 11.5 Å². The fraction of sp³-hybridized carbons (Fsp3) is 0.133. The summed E-state index contributed by atoms with van der Waals surface area (Å²) in [6, 6.07) is 9.47. The van der Waals surface area contributed by atoms with Crippen LogP contribution in [0.2, 0.25) is 0 Å². The molecule has 2 aromatic heterocycles.